The lowest BCUT2D eigenvalue weighted by Crippen LogP contribution is -2.01. The summed E-state index contributed by atoms with van der Waals surface area (Å²) in [5, 5.41) is 31.9. The van der Waals surface area contributed by atoms with Crippen molar-refractivity contribution in [3.8, 4) is 5.75 Å². The first-order chi connectivity index (χ1) is 15.0. The number of rotatable bonds is 19. The number of nitro groups is 2. The van der Waals surface area contributed by atoms with Gasteiger partial charge in [-0.15, -0.1) is 0 Å². The SMILES string of the molecule is CCCCCCCCCCCCCCCCCCc1ccc(O)c([N+](=O)[O-])c1[N+](=O)[O-]. The van der Waals surface area contributed by atoms with Gasteiger partial charge in [0.1, 0.15) is 0 Å². The summed E-state index contributed by atoms with van der Waals surface area (Å²) in [7, 11) is 0. The van der Waals surface area contributed by atoms with Crippen LogP contribution < -0.4 is 0 Å². The van der Waals surface area contributed by atoms with Crippen molar-refractivity contribution in [3.63, 3.8) is 0 Å². The average Bonchev–Trinajstić information content (AvgIpc) is 2.73. The van der Waals surface area contributed by atoms with Gasteiger partial charge in [-0.2, -0.15) is 0 Å². The minimum atomic E-state index is -0.884. The summed E-state index contributed by atoms with van der Waals surface area (Å²) >= 11 is 0. The zero-order valence-corrected chi connectivity index (χ0v) is 19.2. The van der Waals surface area contributed by atoms with Crippen LogP contribution in [0.25, 0.3) is 0 Å². The highest BCUT2D eigenvalue weighted by molar-refractivity contribution is 5.65. The van der Waals surface area contributed by atoms with Gasteiger partial charge in [-0.1, -0.05) is 103 Å². The van der Waals surface area contributed by atoms with Gasteiger partial charge in [-0.3, -0.25) is 20.2 Å². The number of phenolic OH excluding ortho intramolecular Hbond substituents is 1. The molecule has 0 atom stereocenters. The van der Waals surface area contributed by atoms with Crippen molar-refractivity contribution >= 4 is 11.4 Å². The molecule has 0 saturated carbocycles. The first kappa shape index (κ1) is 26.9. The van der Waals surface area contributed by atoms with Gasteiger partial charge in [-0.25, -0.2) is 0 Å². The highest BCUT2D eigenvalue weighted by Gasteiger charge is 2.32. The first-order valence-corrected chi connectivity index (χ1v) is 12.1. The Morgan fingerprint density at radius 3 is 1.42 bits per heavy atom. The molecule has 1 N–H and O–H groups in total. The van der Waals surface area contributed by atoms with Gasteiger partial charge in [0.05, 0.1) is 9.85 Å². The predicted molar refractivity (Wildman–Crippen MR) is 125 cm³/mol. The second-order valence-corrected chi connectivity index (χ2v) is 8.51. The number of benzene rings is 1. The van der Waals surface area contributed by atoms with Gasteiger partial charge in [-0.05, 0) is 25.0 Å². The lowest BCUT2D eigenvalue weighted by molar-refractivity contribution is -0.423. The van der Waals surface area contributed by atoms with Gasteiger partial charge >= 0.3 is 11.4 Å². The number of aromatic hydroxyl groups is 1. The van der Waals surface area contributed by atoms with Crippen molar-refractivity contribution in [3.05, 3.63) is 37.9 Å². The summed E-state index contributed by atoms with van der Waals surface area (Å²) < 4.78 is 0. The zero-order valence-electron chi connectivity index (χ0n) is 19.2. The van der Waals surface area contributed by atoms with Crippen LogP contribution >= 0.6 is 0 Å². The number of aryl methyl sites for hydroxylation is 1. The summed E-state index contributed by atoms with van der Waals surface area (Å²) in [6.07, 6.45) is 20.4. The molecule has 1 aromatic rings. The molecule has 1 rings (SSSR count). The Kier molecular flexibility index (Phi) is 14.3. The summed E-state index contributed by atoms with van der Waals surface area (Å²) in [4.78, 5) is 20.7. The predicted octanol–water partition coefficient (Wildman–Crippen LogP) is 8.01. The maximum atomic E-state index is 11.3. The number of hydrogen-bond donors (Lipinski definition) is 1. The Labute approximate surface area is 186 Å². The fourth-order valence-electron chi connectivity index (χ4n) is 4.06. The summed E-state index contributed by atoms with van der Waals surface area (Å²) in [5.74, 6) is -0.660. The minimum Gasteiger partial charge on any atom is -0.502 e. The Morgan fingerprint density at radius 1 is 0.645 bits per heavy atom. The minimum absolute atomic E-state index is 0.319. The Hall–Kier alpha value is -2.18. The van der Waals surface area contributed by atoms with Crippen LogP contribution in [-0.4, -0.2) is 15.0 Å². The van der Waals surface area contributed by atoms with E-state index in [9.17, 15) is 25.3 Å². The van der Waals surface area contributed by atoms with Crippen LogP contribution in [0.5, 0.6) is 5.75 Å². The molecule has 0 heterocycles. The molecular formula is C24H40N2O5. The van der Waals surface area contributed by atoms with E-state index < -0.39 is 27.0 Å². The van der Waals surface area contributed by atoms with Crippen LogP contribution in [-0.2, 0) is 6.42 Å². The van der Waals surface area contributed by atoms with E-state index in [4.69, 9.17) is 0 Å². The third-order valence-electron chi connectivity index (χ3n) is 5.88. The lowest BCUT2D eigenvalue weighted by atomic mass is 10.0. The van der Waals surface area contributed by atoms with Crippen LogP contribution in [0.1, 0.15) is 115 Å². The van der Waals surface area contributed by atoms with Crippen molar-refractivity contribution in [1.29, 1.82) is 0 Å². The van der Waals surface area contributed by atoms with Crippen LogP contribution in [0.4, 0.5) is 11.4 Å². The molecular weight excluding hydrogens is 396 g/mol. The van der Waals surface area contributed by atoms with Crippen molar-refractivity contribution in [2.75, 3.05) is 0 Å². The molecule has 0 aliphatic heterocycles. The highest BCUT2D eigenvalue weighted by atomic mass is 16.6. The van der Waals surface area contributed by atoms with Crippen LogP contribution in [0.3, 0.4) is 0 Å². The van der Waals surface area contributed by atoms with Gasteiger partial charge < -0.3 is 5.11 Å². The molecule has 0 fully saturated rings. The van der Waals surface area contributed by atoms with Gasteiger partial charge in [0.2, 0.25) is 5.75 Å². The topological polar surface area (TPSA) is 107 Å². The van der Waals surface area contributed by atoms with E-state index in [1.54, 1.807) is 0 Å². The van der Waals surface area contributed by atoms with Crippen molar-refractivity contribution in [2.45, 2.75) is 116 Å². The molecule has 0 radical (unpaired) electrons. The summed E-state index contributed by atoms with van der Waals surface area (Å²) in [6, 6.07) is 2.60. The number of nitro benzene ring substituents is 2. The van der Waals surface area contributed by atoms with E-state index in [2.05, 4.69) is 6.92 Å². The van der Waals surface area contributed by atoms with Gasteiger partial charge in [0, 0.05) is 5.56 Å². The average molecular weight is 437 g/mol. The van der Waals surface area contributed by atoms with E-state index >= 15 is 0 Å². The lowest BCUT2D eigenvalue weighted by Gasteiger charge is -2.05. The van der Waals surface area contributed by atoms with E-state index in [-0.39, 0.29) is 0 Å². The molecule has 1 aromatic carbocycles. The zero-order chi connectivity index (χ0) is 22.9. The molecule has 7 nitrogen and oxygen atoms in total. The molecule has 0 aliphatic rings. The maximum absolute atomic E-state index is 11.3. The molecule has 176 valence electrons. The molecule has 0 unspecified atom stereocenters. The molecule has 7 heteroatoms. The largest absolute Gasteiger partial charge is 0.502 e. The van der Waals surface area contributed by atoms with Gasteiger partial charge in [0.25, 0.3) is 0 Å². The third kappa shape index (κ3) is 11.1. The third-order valence-corrected chi connectivity index (χ3v) is 5.88. The van der Waals surface area contributed by atoms with Crippen molar-refractivity contribution in [2.24, 2.45) is 0 Å². The fraction of sp³-hybridized carbons (Fsp3) is 0.750. The second-order valence-electron chi connectivity index (χ2n) is 8.51. The second kappa shape index (κ2) is 16.5. The van der Waals surface area contributed by atoms with Gasteiger partial charge in [0.15, 0.2) is 0 Å². The van der Waals surface area contributed by atoms with E-state index in [0.717, 1.165) is 25.7 Å². The van der Waals surface area contributed by atoms with Crippen LogP contribution in [0.15, 0.2) is 12.1 Å². The Bertz CT molecular complexity index is 664. The fourth-order valence-corrected chi connectivity index (χ4v) is 4.06. The summed E-state index contributed by atoms with van der Waals surface area (Å²) in [6.45, 7) is 2.25. The number of nitrogens with zero attached hydrogens (tertiary/aromatic N) is 2. The van der Waals surface area contributed by atoms with E-state index in [1.165, 1.54) is 89.2 Å². The molecule has 31 heavy (non-hydrogen) atoms. The maximum Gasteiger partial charge on any atom is 0.387 e. The highest BCUT2D eigenvalue weighted by Crippen LogP contribution is 2.39. The molecule has 0 bridgehead atoms. The summed E-state index contributed by atoms with van der Waals surface area (Å²) in [5.41, 5.74) is -1.06. The van der Waals surface area contributed by atoms with Crippen molar-refractivity contribution < 1.29 is 15.0 Å². The van der Waals surface area contributed by atoms with E-state index in [0.29, 0.717) is 12.0 Å². The first-order valence-electron chi connectivity index (χ1n) is 12.1. The number of phenols is 1. The molecule has 0 amide bonds. The smallest absolute Gasteiger partial charge is 0.387 e. The van der Waals surface area contributed by atoms with Crippen molar-refractivity contribution in [1.82, 2.24) is 0 Å². The number of hydrogen-bond acceptors (Lipinski definition) is 5. The van der Waals surface area contributed by atoms with Crippen LogP contribution in [0.2, 0.25) is 0 Å². The van der Waals surface area contributed by atoms with Crippen LogP contribution in [0, 0.1) is 20.2 Å². The normalized spacial score (nSPS) is 11.0. The Balaban J connectivity index is 2.09. The quantitative estimate of drug-likeness (QED) is 0.134. The molecule has 0 saturated heterocycles. The standard InChI is InChI=1S/C24H40N2O5/c1-2-3-4-5-6-7-8-9-10-11-12-13-14-15-16-17-18-21-19-20-22(27)24(26(30)31)23(21)25(28)29/h19-20,27H,2-18H2,1H3. The monoisotopic (exact) mass is 436 g/mol. The number of unbranched alkanes of at least 4 members (excludes halogenated alkanes) is 15. The molecule has 0 aromatic heterocycles. The Morgan fingerprint density at radius 2 is 1.03 bits per heavy atom. The molecule has 0 spiro atoms. The van der Waals surface area contributed by atoms with E-state index in [1.807, 2.05) is 0 Å². The molecule has 0 aliphatic carbocycles.